The zero-order valence-electron chi connectivity index (χ0n) is 18.5. The number of piperidine rings is 1. The Hall–Kier alpha value is -4.09. The Balaban J connectivity index is 1.38. The van der Waals surface area contributed by atoms with Crippen molar-refractivity contribution in [2.75, 3.05) is 29.9 Å². The van der Waals surface area contributed by atoms with Crippen LogP contribution < -0.4 is 20.3 Å². The molecule has 0 bridgehead atoms. The third-order valence-corrected chi connectivity index (χ3v) is 5.13. The number of nitrogens with one attached hydrogen (secondary N) is 2. The van der Waals surface area contributed by atoms with E-state index in [2.05, 4.69) is 30.6 Å². The van der Waals surface area contributed by atoms with Gasteiger partial charge in [0.1, 0.15) is 12.4 Å². The maximum absolute atomic E-state index is 14.7. The van der Waals surface area contributed by atoms with Gasteiger partial charge in [-0.1, -0.05) is 6.92 Å². The van der Waals surface area contributed by atoms with E-state index in [1.807, 2.05) is 6.92 Å². The molecule has 0 spiro atoms. The van der Waals surface area contributed by atoms with Crippen LogP contribution in [0.25, 0.3) is 0 Å². The molecule has 3 aromatic heterocycles. The highest BCUT2D eigenvalue weighted by atomic mass is 19.1. The monoisotopic (exact) mass is 469 g/mol. The van der Waals surface area contributed by atoms with Gasteiger partial charge in [-0.05, 0) is 18.6 Å². The first-order chi connectivity index (χ1) is 16.5. The van der Waals surface area contributed by atoms with Gasteiger partial charge in [-0.25, -0.2) is 14.4 Å². The summed E-state index contributed by atoms with van der Waals surface area (Å²) < 4.78 is 25.7. The van der Waals surface area contributed by atoms with Crippen LogP contribution >= 0.6 is 0 Å². The van der Waals surface area contributed by atoms with E-state index >= 15 is 0 Å². The quantitative estimate of drug-likeness (QED) is 0.509. The average molecular weight is 469 g/mol. The van der Waals surface area contributed by atoms with Crippen molar-refractivity contribution in [3.63, 3.8) is 0 Å². The van der Waals surface area contributed by atoms with Crippen molar-refractivity contribution in [2.45, 2.75) is 32.0 Å². The summed E-state index contributed by atoms with van der Waals surface area (Å²) in [5.41, 5.74) is 0.527. The summed E-state index contributed by atoms with van der Waals surface area (Å²) in [5.74, 6) is -0.909. The number of oxazole rings is 1. The molecule has 4 rings (SSSR count). The molecule has 3 aromatic rings. The summed E-state index contributed by atoms with van der Waals surface area (Å²) >= 11 is 0. The van der Waals surface area contributed by atoms with Crippen molar-refractivity contribution in [2.24, 2.45) is 0 Å². The average Bonchev–Trinajstić information content (AvgIpc) is 3.35. The number of halogens is 1. The van der Waals surface area contributed by atoms with E-state index in [1.54, 1.807) is 11.0 Å². The highest BCUT2D eigenvalue weighted by molar-refractivity contribution is 6.08. The van der Waals surface area contributed by atoms with Gasteiger partial charge >= 0.3 is 6.01 Å². The minimum absolute atomic E-state index is 0.00167. The molecule has 0 radical (unpaired) electrons. The molecule has 1 saturated heterocycles. The normalized spacial score (nSPS) is 17.8. The summed E-state index contributed by atoms with van der Waals surface area (Å²) in [6.45, 7) is 2.83. The third kappa shape index (κ3) is 5.45. The first kappa shape index (κ1) is 23.1. The molecular weight excluding hydrogens is 445 g/mol. The number of carbonyl (C=O) groups is 2. The predicted molar refractivity (Wildman–Crippen MR) is 119 cm³/mol. The van der Waals surface area contributed by atoms with Crippen LogP contribution in [0.1, 0.15) is 40.6 Å². The summed E-state index contributed by atoms with van der Waals surface area (Å²) in [4.78, 5) is 42.7. The smallest absolute Gasteiger partial charge is 0.316 e. The van der Waals surface area contributed by atoms with Gasteiger partial charge in [-0.2, -0.15) is 4.98 Å². The number of amides is 2. The second-order valence-electron chi connectivity index (χ2n) is 7.58. The van der Waals surface area contributed by atoms with Crippen molar-refractivity contribution < 1.29 is 23.1 Å². The van der Waals surface area contributed by atoms with Crippen molar-refractivity contribution in [3.05, 3.63) is 54.4 Å². The number of aromatic nitrogens is 4. The number of pyridine rings is 1. The predicted octanol–water partition coefficient (Wildman–Crippen LogP) is 2.25. The number of hydrogen-bond donors (Lipinski definition) is 2. The lowest BCUT2D eigenvalue weighted by molar-refractivity contribution is 0.0723. The van der Waals surface area contributed by atoms with Crippen LogP contribution in [-0.2, 0) is 0 Å². The number of rotatable bonds is 8. The topological polar surface area (TPSA) is 135 Å². The van der Waals surface area contributed by atoms with Crippen molar-refractivity contribution in [1.82, 2.24) is 25.3 Å². The molecule has 2 atom stereocenters. The van der Waals surface area contributed by atoms with E-state index in [9.17, 15) is 14.0 Å². The van der Waals surface area contributed by atoms with Crippen molar-refractivity contribution in [3.8, 4) is 6.01 Å². The van der Waals surface area contributed by atoms with Crippen LogP contribution in [0.3, 0.4) is 0 Å². The fourth-order valence-electron chi connectivity index (χ4n) is 3.39. The molecule has 34 heavy (non-hydrogen) atoms. The summed E-state index contributed by atoms with van der Waals surface area (Å²) in [6.07, 6.45) is 6.19. The van der Waals surface area contributed by atoms with Crippen LogP contribution in [0.2, 0.25) is 0 Å². The summed E-state index contributed by atoms with van der Waals surface area (Å²) in [5, 5.41) is 5.40. The first-order valence-corrected chi connectivity index (χ1v) is 10.9. The fourth-order valence-corrected chi connectivity index (χ4v) is 3.39. The van der Waals surface area contributed by atoms with Crippen LogP contribution in [0.4, 0.5) is 16.1 Å². The second-order valence-corrected chi connectivity index (χ2v) is 7.58. The van der Waals surface area contributed by atoms with E-state index in [0.29, 0.717) is 25.2 Å². The maximum Gasteiger partial charge on any atom is 0.316 e. The summed E-state index contributed by atoms with van der Waals surface area (Å²) in [7, 11) is 0. The van der Waals surface area contributed by atoms with E-state index in [-0.39, 0.29) is 35.7 Å². The van der Waals surface area contributed by atoms with Gasteiger partial charge in [-0.3, -0.25) is 14.6 Å². The maximum atomic E-state index is 14.7. The van der Waals surface area contributed by atoms with Crippen molar-refractivity contribution >= 4 is 23.5 Å². The Labute approximate surface area is 194 Å². The number of ether oxygens (including phenoxy) is 1. The zero-order valence-corrected chi connectivity index (χ0v) is 18.5. The SMILES string of the molecule is CCCNC(=O)c1cnccc1NC(=O)c1coc(N2CC[C@@H](Oc3ncccn3)[C@@H](F)C2)n1. The van der Waals surface area contributed by atoms with Gasteiger partial charge in [0.15, 0.2) is 11.9 Å². The lowest BCUT2D eigenvalue weighted by Gasteiger charge is -2.33. The van der Waals surface area contributed by atoms with Gasteiger partial charge in [0, 0.05) is 44.3 Å². The Morgan fingerprint density at radius 3 is 2.85 bits per heavy atom. The van der Waals surface area contributed by atoms with Gasteiger partial charge in [0.05, 0.1) is 17.8 Å². The molecular formula is C22H24FN7O4. The number of alkyl halides is 1. The van der Waals surface area contributed by atoms with Crippen LogP contribution in [-0.4, -0.2) is 63.7 Å². The zero-order chi connectivity index (χ0) is 23.9. The Kier molecular flexibility index (Phi) is 7.25. The Morgan fingerprint density at radius 2 is 2.09 bits per heavy atom. The Morgan fingerprint density at radius 1 is 1.26 bits per heavy atom. The second kappa shape index (κ2) is 10.7. The molecule has 1 aliphatic rings. The largest absolute Gasteiger partial charge is 0.457 e. The molecule has 2 amide bonds. The van der Waals surface area contributed by atoms with Crippen LogP contribution in [0, 0.1) is 0 Å². The first-order valence-electron chi connectivity index (χ1n) is 10.9. The van der Waals surface area contributed by atoms with Crippen LogP contribution in [0.15, 0.2) is 47.6 Å². The van der Waals surface area contributed by atoms with E-state index in [1.165, 1.54) is 37.1 Å². The molecule has 2 N–H and O–H groups in total. The van der Waals surface area contributed by atoms with E-state index in [4.69, 9.17) is 9.15 Å². The molecule has 0 aliphatic carbocycles. The fraction of sp³-hybridized carbons (Fsp3) is 0.364. The van der Waals surface area contributed by atoms with Gasteiger partial charge in [-0.15, -0.1) is 0 Å². The highest BCUT2D eigenvalue weighted by Crippen LogP contribution is 2.24. The van der Waals surface area contributed by atoms with E-state index in [0.717, 1.165) is 6.42 Å². The van der Waals surface area contributed by atoms with Gasteiger partial charge in [0.2, 0.25) is 0 Å². The van der Waals surface area contributed by atoms with Crippen LogP contribution in [0.5, 0.6) is 6.01 Å². The third-order valence-electron chi connectivity index (χ3n) is 5.13. The van der Waals surface area contributed by atoms with Gasteiger partial charge in [0.25, 0.3) is 17.8 Å². The molecule has 0 saturated carbocycles. The minimum atomic E-state index is -1.33. The lowest BCUT2D eigenvalue weighted by Crippen LogP contribution is -2.47. The molecule has 12 heteroatoms. The molecule has 1 aliphatic heterocycles. The minimum Gasteiger partial charge on any atom is -0.457 e. The van der Waals surface area contributed by atoms with E-state index < -0.39 is 18.2 Å². The molecule has 11 nitrogen and oxygen atoms in total. The number of carbonyl (C=O) groups excluding carboxylic acids is 2. The molecule has 1 fully saturated rings. The lowest BCUT2D eigenvalue weighted by atomic mass is 10.1. The van der Waals surface area contributed by atoms with Crippen molar-refractivity contribution in [1.29, 1.82) is 0 Å². The number of hydrogen-bond acceptors (Lipinski definition) is 9. The standard InChI is InChI=1S/C22H24FN7O4/c1-2-6-25-19(31)14-11-24-9-4-16(14)28-20(32)17-13-33-22(29-17)30-10-5-18(15(23)12-30)34-21-26-7-3-8-27-21/h3-4,7-9,11,13,15,18H,2,5-6,10,12H2,1H3,(H,25,31)(H,24,28,32)/t15-,18+/m0/s1. The molecule has 4 heterocycles. The van der Waals surface area contributed by atoms with Gasteiger partial charge < -0.3 is 24.7 Å². The number of anilines is 2. The molecule has 178 valence electrons. The molecule has 0 aromatic carbocycles. The number of nitrogens with zero attached hydrogens (tertiary/aromatic N) is 5. The highest BCUT2D eigenvalue weighted by Gasteiger charge is 2.33. The molecule has 0 unspecified atom stereocenters. The Bertz CT molecular complexity index is 1130. The summed E-state index contributed by atoms with van der Waals surface area (Å²) in [6, 6.07) is 3.42.